The molecule has 0 spiro atoms. The van der Waals surface area contributed by atoms with Crippen LogP contribution < -0.4 is 15.4 Å². The number of fused-ring (bicyclic) bond motifs is 1. The van der Waals surface area contributed by atoms with Crippen molar-refractivity contribution in [1.82, 2.24) is 19.9 Å². The van der Waals surface area contributed by atoms with Crippen LogP contribution in [0.2, 0.25) is 10.0 Å². The second-order valence-corrected chi connectivity index (χ2v) is 9.05. The van der Waals surface area contributed by atoms with Gasteiger partial charge in [-0.15, -0.1) is 0 Å². The van der Waals surface area contributed by atoms with Crippen molar-refractivity contribution < 1.29 is 13.9 Å². The summed E-state index contributed by atoms with van der Waals surface area (Å²) in [6.45, 7) is 1.87. The van der Waals surface area contributed by atoms with E-state index in [0.29, 0.717) is 64.5 Å². The summed E-state index contributed by atoms with van der Waals surface area (Å²) in [5.41, 5.74) is 8.61. The number of aromatic nitrogens is 3. The molecule has 0 unspecified atom stereocenters. The van der Waals surface area contributed by atoms with Crippen molar-refractivity contribution in [2.45, 2.75) is 0 Å². The van der Waals surface area contributed by atoms with E-state index in [1.165, 1.54) is 12.1 Å². The Balaban J connectivity index is 1.30. The summed E-state index contributed by atoms with van der Waals surface area (Å²) < 4.78 is 18.9. The van der Waals surface area contributed by atoms with Crippen LogP contribution in [-0.4, -0.2) is 58.5 Å². The SMILES string of the molecule is Nc1nc(N2CCN(C(=O)COc3ccc(Cl)cc3Cl)CC2)c2nc(-c3ccc(F)cc3)ccc2n1. The second kappa shape index (κ2) is 10.1. The van der Waals surface area contributed by atoms with Gasteiger partial charge in [-0.25, -0.2) is 14.4 Å². The minimum Gasteiger partial charge on any atom is -0.482 e. The minimum atomic E-state index is -0.314. The monoisotopic (exact) mass is 526 g/mol. The first-order valence-corrected chi connectivity index (χ1v) is 11.9. The van der Waals surface area contributed by atoms with Crippen LogP contribution in [0.15, 0.2) is 54.6 Å². The molecule has 5 rings (SSSR count). The number of nitrogens with zero attached hydrogens (tertiary/aromatic N) is 5. The van der Waals surface area contributed by atoms with E-state index in [-0.39, 0.29) is 24.3 Å². The van der Waals surface area contributed by atoms with E-state index in [2.05, 4.69) is 9.97 Å². The Morgan fingerprint density at radius 1 is 0.972 bits per heavy atom. The molecular formula is C25H21Cl2FN6O2. The van der Waals surface area contributed by atoms with Gasteiger partial charge in [0.2, 0.25) is 5.95 Å². The van der Waals surface area contributed by atoms with Crippen LogP contribution in [0.1, 0.15) is 0 Å². The van der Waals surface area contributed by atoms with Crippen LogP contribution >= 0.6 is 23.2 Å². The Morgan fingerprint density at radius 2 is 1.72 bits per heavy atom. The zero-order valence-corrected chi connectivity index (χ0v) is 20.5. The highest BCUT2D eigenvalue weighted by Gasteiger charge is 2.25. The van der Waals surface area contributed by atoms with Gasteiger partial charge in [-0.1, -0.05) is 23.2 Å². The standard InChI is InChI=1S/C25H21Cl2FN6O2/c26-16-3-8-21(18(27)13-16)36-14-22(35)33-9-11-34(12-10-33)24-23-20(31-25(29)32-24)7-6-19(30-23)15-1-4-17(28)5-2-15/h1-8,13H,9-12,14H2,(H2,29,31,32). The maximum absolute atomic E-state index is 13.4. The van der Waals surface area contributed by atoms with Gasteiger partial charge in [0.25, 0.3) is 5.91 Å². The fourth-order valence-corrected chi connectivity index (χ4v) is 4.47. The average Bonchev–Trinajstić information content (AvgIpc) is 2.88. The molecule has 0 saturated carbocycles. The Morgan fingerprint density at radius 3 is 2.44 bits per heavy atom. The number of anilines is 2. The molecule has 1 aliphatic rings. The summed E-state index contributed by atoms with van der Waals surface area (Å²) in [6, 6.07) is 14.6. The van der Waals surface area contributed by atoms with E-state index in [1.807, 2.05) is 17.0 Å². The highest BCUT2D eigenvalue weighted by Crippen LogP contribution is 2.29. The Labute approximate surface area is 216 Å². The summed E-state index contributed by atoms with van der Waals surface area (Å²) in [6.07, 6.45) is 0. The molecule has 4 aromatic rings. The average molecular weight is 527 g/mol. The summed E-state index contributed by atoms with van der Waals surface area (Å²) in [5.74, 6) is 0.673. The first kappa shape index (κ1) is 24.0. The molecule has 1 aliphatic heterocycles. The number of ether oxygens (including phenoxy) is 1. The van der Waals surface area contributed by atoms with Crippen LogP contribution in [0.4, 0.5) is 16.2 Å². The molecule has 0 atom stereocenters. The van der Waals surface area contributed by atoms with Gasteiger partial charge in [0.05, 0.1) is 16.2 Å². The third kappa shape index (κ3) is 5.12. The van der Waals surface area contributed by atoms with E-state index in [4.69, 9.17) is 38.7 Å². The number of amides is 1. The molecule has 1 fully saturated rings. The third-order valence-corrected chi connectivity index (χ3v) is 6.39. The van der Waals surface area contributed by atoms with Crippen LogP contribution in [0, 0.1) is 5.82 Å². The number of hydrogen-bond acceptors (Lipinski definition) is 7. The van der Waals surface area contributed by atoms with Gasteiger partial charge in [0, 0.05) is 36.8 Å². The van der Waals surface area contributed by atoms with Gasteiger partial charge in [-0.2, -0.15) is 4.98 Å². The van der Waals surface area contributed by atoms with Gasteiger partial charge < -0.3 is 20.3 Å². The molecule has 2 aromatic carbocycles. The molecule has 0 bridgehead atoms. The number of hydrogen-bond donors (Lipinski definition) is 1. The fourth-order valence-electron chi connectivity index (χ4n) is 4.01. The van der Waals surface area contributed by atoms with E-state index in [0.717, 1.165) is 5.56 Å². The molecule has 1 saturated heterocycles. The molecule has 1 amide bonds. The largest absolute Gasteiger partial charge is 0.482 e. The van der Waals surface area contributed by atoms with Crippen molar-refractivity contribution in [3.05, 3.63) is 70.5 Å². The van der Waals surface area contributed by atoms with Gasteiger partial charge in [0.1, 0.15) is 17.1 Å². The van der Waals surface area contributed by atoms with Crippen molar-refractivity contribution in [1.29, 1.82) is 0 Å². The molecule has 0 radical (unpaired) electrons. The fraction of sp³-hybridized carbons (Fsp3) is 0.200. The first-order valence-electron chi connectivity index (χ1n) is 11.2. The maximum atomic E-state index is 13.4. The van der Waals surface area contributed by atoms with Gasteiger partial charge >= 0.3 is 0 Å². The van der Waals surface area contributed by atoms with Crippen molar-refractivity contribution in [2.75, 3.05) is 43.4 Å². The lowest BCUT2D eigenvalue weighted by atomic mass is 10.1. The van der Waals surface area contributed by atoms with Crippen LogP contribution in [0.3, 0.4) is 0 Å². The van der Waals surface area contributed by atoms with E-state index in [9.17, 15) is 9.18 Å². The Hall–Kier alpha value is -3.69. The van der Waals surface area contributed by atoms with Crippen LogP contribution in [-0.2, 0) is 4.79 Å². The Bertz CT molecular complexity index is 1430. The number of pyridine rings is 1. The zero-order chi connectivity index (χ0) is 25.2. The van der Waals surface area contributed by atoms with Crippen molar-refractivity contribution >= 4 is 51.9 Å². The number of halogens is 3. The first-order chi connectivity index (χ1) is 17.4. The molecule has 3 heterocycles. The normalized spacial score (nSPS) is 13.8. The van der Waals surface area contributed by atoms with Gasteiger partial charge in [-0.3, -0.25) is 4.79 Å². The number of nitrogen functional groups attached to an aromatic ring is 1. The summed E-state index contributed by atoms with van der Waals surface area (Å²) >= 11 is 12.0. The van der Waals surface area contributed by atoms with Crippen molar-refractivity contribution in [3.63, 3.8) is 0 Å². The number of carbonyl (C=O) groups is 1. The van der Waals surface area contributed by atoms with E-state index < -0.39 is 0 Å². The van der Waals surface area contributed by atoms with Gasteiger partial charge in [-0.05, 0) is 54.6 Å². The summed E-state index contributed by atoms with van der Waals surface area (Å²) in [5, 5.41) is 0.841. The molecule has 2 N–H and O–H groups in total. The lowest BCUT2D eigenvalue weighted by molar-refractivity contribution is -0.133. The highest BCUT2D eigenvalue weighted by molar-refractivity contribution is 6.35. The second-order valence-electron chi connectivity index (χ2n) is 8.21. The smallest absolute Gasteiger partial charge is 0.260 e. The number of rotatable bonds is 5. The molecule has 0 aliphatic carbocycles. The summed E-state index contributed by atoms with van der Waals surface area (Å²) in [7, 11) is 0. The Kier molecular flexibility index (Phi) is 6.75. The number of piperazine rings is 1. The lowest BCUT2D eigenvalue weighted by Crippen LogP contribution is -2.50. The highest BCUT2D eigenvalue weighted by atomic mass is 35.5. The summed E-state index contributed by atoms with van der Waals surface area (Å²) in [4.78, 5) is 30.0. The molecular weight excluding hydrogens is 506 g/mol. The maximum Gasteiger partial charge on any atom is 0.260 e. The molecule has 36 heavy (non-hydrogen) atoms. The van der Waals surface area contributed by atoms with Crippen LogP contribution in [0.25, 0.3) is 22.3 Å². The van der Waals surface area contributed by atoms with Gasteiger partial charge in [0.15, 0.2) is 12.4 Å². The molecule has 11 heteroatoms. The van der Waals surface area contributed by atoms with Crippen LogP contribution in [0.5, 0.6) is 5.75 Å². The zero-order valence-electron chi connectivity index (χ0n) is 19.0. The minimum absolute atomic E-state index is 0.132. The van der Waals surface area contributed by atoms with Crippen molar-refractivity contribution in [3.8, 4) is 17.0 Å². The molecule has 184 valence electrons. The van der Waals surface area contributed by atoms with E-state index in [1.54, 1.807) is 35.2 Å². The molecule has 2 aromatic heterocycles. The predicted octanol–water partition coefficient (Wildman–Crippen LogP) is 4.45. The molecule has 8 nitrogen and oxygen atoms in total. The third-order valence-electron chi connectivity index (χ3n) is 5.86. The predicted molar refractivity (Wildman–Crippen MR) is 138 cm³/mol. The number of nitrogens with two attached hydrogens (primary N) is 1. The topological polar surface area (TPSA) is 97.5 Å². The quantitative estimate of drug-likeness (QED) is 0.410. The number of carbonyl (C=O) groups excluding carboxylic acids is 1. The van der Waals surface area contributed by atoms with E-state index >= 15 is 0 Å². The lowest BCUT2D eigenvalue weighted by Gasteiger charge is -2.35. The van der Waals surface area contributed by atoms with Crippen molar-refractivity contribution in [2.24, 2.45) is 0 Å². The number of benzene rings is 2.